The molecular weight excluding hydrogens is 186 g/mol. The lowest BCUT2D eigenvalue weighted by molar-refractivity contribution is 0.619. The fourth-order valence-electron chi connectivity index (χ4n) is 1.42. The van der Waals surface area contributed by atoms with Crippen molar-refractivity contribution >= 4 is 22.4 Å². The van der Waals surface area contributed by atoms with Gasteiger partial charge >= 0.3 is 0 Å². The first kappa shape index (κ1) is 9.77. The molecule has 78 valence electrons. The Morgan fingerprint density at radius 3 is 2.73 bits per heavy atom. The summed E-state index contributed by atoms with van der Waals surface area (Å²) in [5.41, 5.74) is 2.12. The minimum Gasteiger partial charge on any atom is -0.366 e. The summed E-state index contributed by atoms with van der Waals surface area (Å²) < 4.78 is 0. The van der Waals surface area contributed by atoms with Crippen molar-refractivity contribution in [3.63, 3.8) is 0 Å². The number of aromatic nitrogens is 1. The Morgan fingerprint density at radius 2 is 2.00 bits per heavy atom. The lowest BCUT2D eigenvalue weighted by Crippen LogP contribution is -2.17. The fraction of sp³-hybridized carbons (Fsp3) is 0.250. The van der Waals surface area contributed by atoms with E-state index in [4.69, 9.17) is 0 Å². The lowest BCUT2D eigenvalue weighted by atomic mass is 10.2. The van der Waals surface area contributed by atoms with Crippen molar-refractivity contribution in [3.05, 3.63) is 30.5 Å². The van der Waals surface area contributed by atoms with Gasteiger partial charge in [0.15, 0.2) is 0 Å². The van der Waals surface area contributed by atoms with Crippen molar-refractivity contribution in [1.82, 2.24) is 9.88 Å². The van der Waals surface area contributed by atoms with E-state index in [0.29, 0.717) is 0 Å². The van der Waals surface area contributed by atoms with Crippen LogP contribution < -0.4 is 0 Å². The smallest absolute Gasteiger partial charge is 0.101 e. The number of hydrogen-bond donors (Lipinski definition) is 1. The molecule has 0 aliphatic heterocycles. The topological polar surface area (TPSA) is 31.4 Å². The lowest BCUT2D eigenvalue weighted by Gasteiger charge is -2.10. The number of para-hydroxylation sites is 1. The van der Waals surface area contributed by atoms with E-state index in [-0.39, 0.29) is 0 Å². The van der Waals surface area contributed by atoms with Gasteiger partial charge < -0.3 is 9.88 Å². The predicted molar refractivity (Wildman–Crippen MR) is 64.8 cm³/mol. The molecule has 0 unspecified atom stereocenters. The number of aliphatic imine (C=N–C) groups is 1. The quantitative estimate of drug-likeness (QED) is 0.558. The second-order valence-electron chi connectivity index (χ2n) is 3.77. The molecule has 0 amide bonds. The number of nitrogens with one attached hydrogen (secondary N) is 1. The maximum Gasteiger partial charge on any atom is 0.101 e. The highest BCUT2D eigenvalue weighted by Crippen LogP contribution is 2.25. The average Bonchev–Trinajstić information content (AvgIpc) is 2.62. The van der Waals surface area contributed by atoms with Crippen molar-refractivity contribution in [2.24, 2.45) is 4.99 Å². The van der Waals surface area contributed by atoms with E-state index in [9.17, 15) is 0 Å². The Bertz CT molecular complexity index is 494. The fourth-order valence-corrected chi connectivity index (χ4v) is 1.42. The molecule has 0 radical (unpaired) electrons. The SMILES string of the molecule is CC(=Nc1c[nH]c2ccccc12)N(C)C. The van der Waals surface area contributed by atoms with Gasteiger partial charge in [-0.15, -0.1) is 0 Å². The maximum absolute atomic E-state index is 4.56. The number of aromatic amines is 1. The Balaban J connectivity index is 2.49. The number of hydrogen-bond acceptors (Lipinski definition) is 1. The summed E-state index contributed by atoms with van der Waals surface area (Å²) in [4.78, 5) is 9.77. The number of rotatable bonds is 1. The summed E-state index contributed by atoms with van der Waals surface area (Å²) in [5, 5.41) is 1.17. The van der Waals surface area contributed by atoms with E-state index in [0.717, 1.165) is 17.0 Å². The highest BCUT2D eigenvalue weighted by atomic mass is 15.1. The largest absolute Gasteiger partial charge is 0.366 e. The van der Waals surface area contributed by atoms with E-state index >= 15 is 0 Å². The Hall–Kier alpha value is -1.77. The minimum absolute atomic E-state index is 0.997. The highest BCUT2D eigenvalue weighted by molar-refractivity contribution is 5.94. The normalized spacial score (nSPS) is 12.1. The Morgan fingerprint density at radius 1 is 1.27 bits per heavy atom. The molecule has 3 heteroatoms. The van der Waals surface area contributed by atoms with Crippen LogP contribution >= 0.6 is 0 Å². The van der Waals surface area contributed by atoms with Crippen LogP contribution in [0, 0.1) is 0 Å². The van der Waals surface area contributed by atoms with Crippen molar-refractivity contribution in [3.8, 4) is 0 Å². The van der Waals surface area contributed by atoms with Gasteiger partial charge in [-0.05, 0) is 13.0 Å². The Kier molecular flexibility index (Phi) is 2.46. The number of amidine groups is 1. The molecule has 0 aliphatic rings. The van der Waals surface area contributed by atoms with Crippen molar-refractivity contribution < 1.29 is 0 Å². The third-order valence-electron chi connectivity index (χ3n) is 2.50. The van der Waals surface area contributed by atoms with E-state index in [1.807, 2.05) is 44.2 Å². The maximum atomic E-state index is 4.56. The van der Waals surface area contributed by atoms with E-state index in [2.05, 4.69) is 22.1 Å². The first-order chi connectivity index (χ1) is 7.18. The molecule has 3 nitrogen and oxygen atoms in total. The molecule has 1 aromatic heterocycles. The third-order valence-corrected chi connectivity index (χ3v) is 2.50. The van der Waals surface area contributed by atoms with Crippen molar-refractivity contribution in [2.75, 3.05) is 14.1 Å². The molecule has 15 heavy (non-hydrogen) atoms. The molecule has 0 bridgehead atoms. The van der Waals surface area contributed by atoms with Gasteiger partial charge in [0.2, 0.25) is 0 Å². The van der Waals surface area contributed by atoms with E-state index < -0.39 is 0 Å². The average molecular weight is 201 g/mol. The second kappa shape index (κ2) is 3.77. The summed E-state index contributed by atoms with van der Waals surface area (Å²) in [7, 11) is 3.99. The number of H-pyrrole nitrogens is 1. The molecule has 1 aromatic carbocycles. The molecule has 1 N–H and O–H groups in total. The first-order valence-corrected chi connectivity index (χ1v) is 4.97. The molecule has 1 heterocycles. The number of fused-ring (bicyclic) bond motifs is 1. The number of benzene rings is 1. The van der Waals surface area contributed by atoms with Crippen LogP contribution in [-0.4, -0.2) is 29.8 Å². The van der Waals surface area contributed by atoms with E-state index in [1.54, 1.807) is 0 Å². The van der Waals surface area contributed by atoms with Gasteiger partial charge in [0.1, 0.15) is 5.84 Å². The summed E-state index contributed by atoms with van der Waals surface area (Å²) >= 11 is 0. The van der Waals surface area contributed by atoms with Crippen LogP contribution in [0.25, 0.3) is 10.9 Å². The summed E-state index contributed by atoms with van der Waals surface area (Å²) in [6.07, 6.45) is 1.94. The van der Waals surface area contributed by atoms with Gasteiger partial charge in [0, 0.05) is 31.2 Å². The molecule has 0 fully saturated rings. The Labute approximate surface area is 89.4 Å². The van der Waals surface area contributed by atoms with Gasteiger partial charge in [0.05, 0.1) is 5.69 Å². The van der Waals surface area contributed by atoms with Crippen LogP contribution in [0.2, 0.25) is 0 Å². The molecule has 2 rings (SSSR count). The predicted octanol–water partition coefficient (Wildman–Crippen LogP) is 2.78. The van der Waals surface area contributed by atoms with Crippen molar-refractivity contribution in [1.29, 1.82) is 0 Å². The zero-order valence-electron chi connectivity index (χ0n) is 9.28. The minimum atomic E-state index is 0.997. The van der Waals surface area contributed by atoms with Gasteiger partial charge in [-0.1, -0.05) is 18.2 Å². The molecule has 0 atom stereocenters. The summed E-state index contributed by atoms with van der Waals surface area (Å²) in [6, 6.07) is 8.18. The number of nitrogens with zero attached hydrogens (tertiary/aromatic N) is 2. The zero-order valence-corrected chi connectivity index (χ0v) is 9.28. The molecular formula is C12H15N3. The van der Waals surface area contributed by atoms with Crippen LogP contribution in [0.5, 0.6) is 0 Å². The molecule has 0 saturated carbocycles. The summed E-state index contributed by atoms with van der Waals surface area (Å²) in [6.45, 7) is 2.00. The first-order valence-electron chi connectivity index (χ1n) is 4.97. The molecule has 2 aromatic rings. The van der Waals surface area contributed by atoms with Gasteiger partial charge in [-0.25, -0.2) is 4.99 Å². The monoisotopic (exact) mass is 201 g/mol. The van der Waals surface area contributed by atoms with Crippen LogP contribution in [0.1, 0.15) is 6.92 Å². The van der Waals surface area contributed by atoms with Crippen LogP contribution in [-0.2, 0) is 0 Å². The van der Waals surface area contributed by atoms with E-state index in [1.165, 1.54) is 5.39 Å². The molecule has 0 aliphatic carbocycles. The summed E-state index contributed by atoms with van der Waals surface area (Å²) in [5.74, 6) is 1.000. The van der Waals surface area contributed by atoms with Gasteiger partial charge in [-0.3, -0.25) is 0 Å². The van der Waals surface area contributed by atoms with Crippen LogP contribution in [0.3, 0.4) is 0 Å². The van der Waals surface area contributed by atoms with Crippen molar-refractivity contribution in [2.45, 2.75) is 6.92 Å². The van der Waals surface area contributed by atoms with Gasteiger partial charge in [0.25, 0.3) is 0 Å². The molecule has 0 saturated heterocycles. The van der Waals surface area contributed by atoms with Crippen LogP contribution in [0.15, 0.2) is 35.5 Å². The second-order valence-corrected chi connectivity index (χ2v) is 3.77. The zero-order chi connectivity index (χ0) is 10.8. The standard InChI is InChI=1S/C12H15N3/c1-9(15(2)3)14-12-8-13-11-7-5-4-6-10(11)12/h4-8,13H,1-3H3. The van der Waals surface area contributed by atoms with Gasteiger partial charge in [-0.2, -0.15) is 0 Å². The highest BCUT2D eigenvalue weighted by Gasteiger charge is 2.02. The molecule has 0 spiro atoms. The van der Waals surface area contributed by atoms with Crippen LogP contribution in [0.4, 0.5) is 5.69 Å². The third kappa shape index (κ3) is 1.86.